The predicted molar refractivity (Wildman–Crippen MR) is 62.9 cm³/mol. The van der Waals surface area contributed by atoms with Crippen LogP contribution < -0.4 is 0 Å². The molecular formula is C13H17NO. The third-order valence-corrected chi connectivity index (χ3v) is 2.83. The molecule has 0 aliphatic heterocycles. The first-order chi connectivity index (χ1) is 7.33. The van der Waals surface area contributed by atoms with Gasteiger partial charge in [-0.25, -0.2) is 0 Å². The molecule has 0 saturated carbocycles. The zero-order valence-electron chi connectivity index (χ0n) is 9.11. The maximum atomic E-state index is 8.76. The molecule has 1 aromatic heterocycles. The highest BCUT2D eigenvalue weighted by Gasteiger charge is 2.04. The number of aliphatic hydroxyl groups excluding tert-OH is 1. The Kier molecular flexibility index (Phi) is 3.07. The van der Waals surface area contributed by atoms with Gasteiger partial charge < -0.3 is 9.67 Å². The van der Waals surface area contributed by atoms with Crippen LogP contribution in [-0.2, 0) is 13.5 Å². The Morgan fingerprint density at radius 1 is 1.20 bits per heavy atom. The van der Waals surface area contributed by atoms with Crippen molar-refractivity contribution in [3.8, 4) is 0 Å². The number of aryl methyl sites for hydroxylation is 2. The summed E-state index contributed by atoms with van der Waals surface area (Å²) in [5.74, 6) is 0. The number of fused-ring (bicyclic) bond motifs is 1. The van der Waals surface area contributed by atoms with E-state index < -0.39 is 0 Å². The molecule has 2 aromatic rings. The maximum Gasteiger partial charge on any atom is 0.0480 e. The molecule has 0 unspecified atom stereocenters. The summed E-state index contributed by atoms with van der Waals surface area (Å²) in [5.41, 5.74) is 2.68. The summed E-state index contributed by atoms with van der Waals surface area (Å²) in [4.78, 5) is 0. The van der Waals surface area contributed by atoms with Gasteiger partial charge >= 0.3 is 0 Å². The van der Waals surface area contributed by atoms with Gasteiger partial charge in [0.2, 0.25) is 0 Å². The van der Waals surface area contributed by atoms with Gasteiger partial charge in [-0.15, -0.1) is 0 Å². The van der Waals surface area contributed by atoms with E-state index in [1.165, 1.54) is 16.5 Å². The molecule has 0 aliphatic rings. The number of nitrogens with zero attached hydrogens (tertiary/aromatic N) is 1. The quantitative estimate of drug-likeness (QED) is 0.759. The molecular weight excluding hydrogens is 186 g/mol. The molecule has 1 aromatic carbocycles. The molecule has 0 radical (unpaired) electrons. The van der Waals surface area contributed by atoms with Gasteiger partial charge in [0.05, 0.1) is 0 Å². The van der Waals surface area contributed by atoms with Crippen LogP contribution in [0, 0.1) is 0 Å². The SMILES string of the molecule is Cn1cc(CCCCO)c2ccccc21. The lowest BCUT2D eigenvalue weighted by molar-refractivity contribution is 0.284. The minimum Gasteiger partial charge on any atom is -0.396 e. The van der Waals surface area contributed by atoms with E-state index in [4.69, 9.17) is 5.11 Å². The van der Waals surface area contributed by atoms with Crippen molar-refractivity contribution in [2.45, 2.75) is 19.3 Å². The van der Waals surface area contributed by atoms with Crippen LogP contribution in [0.5, 0.6) is 0 Å². The van der Waals surface area contributed by atoms with Crippen molar-refractivity contribution in [1.82, 2.24) is 4.57 Å². The van der Waals surface area contributed by atoms with Gasteiger partial charge in [-0.05, 0) is 30.9 Å². The van der Waals surface area contributed by atoms with Crippen molar-refractivity contribution in [3.05, 3.63) is 36.0 Å². The van der Waals surface area contributed by atoms with Crippen LogP contribution in [0.4, 0.5) is 0 Å². The molecule has 1 heterocycles. The summed E-state index contributed by atoms with van der Waals surface area (Å²) in [7, 11) is 2.08. The Bertz CT molecular complexity index is 445. The second-order valence-corrected chi connectivity index (χ2v) is 3.96. The van der Waals surface area contributed by atoms with Crippen molar-refractivity contribution in [2.24, 2.45) is 7.05 Å². The normalized spacial score (nSPS) is 11.1. The lowest BCUT2D eigenvalue weighted by Gasteiger charge is -1.97. The number of aromatic nitrogens is 1. The number of aliphatic hydroxyl groups is 1. The maximum absolute atomic E-state index is 8.76. The van der Waals surface area contributed by atoms with Crippen LogP contribution >= 0.6 is 0 Å². The minimum atomic E-state index is 0.296. The van der Waals surface area contributed by atoms with Crippen LogP contribution in [-0.4, -0.2) is 16.3 Å². The van der Waals surface area contributed by atoms with Crippen LogP contribution in [0.3, 0.4) is 0 Å². The second-order valence-electron chi connectivity index (χ2n) is 3.96. The van der Waals surface area contributed by atoms with Crippen LogP contribution in [0.15, 0.2) is 30.5 Å². The zero-order valence-corrected chi connectivity index (χ0v) is 9.11. The average molecular weight is 203 g/mol. The second kappa shape index (κ2) is 4.49. The number of hydrogen-bond acceptors (Lipinski definition) is 1. The average Bonchev–Trinajstić information content (AvgIpc) is 2.58. The van der Waals surface area contributed by atoms with Crippen LogP contribution in [0.2, 0.25) is 0 Å². The zero-order chi connectivity index (χ0) is 10.7. The predicted octanol–water partition coefficient (Wildman–Crippen LogP) is 2.49. The van der Waals surface area contributed by atoms with Gasteiger partial charge in [-0.3, -0.25) is 0 Å². The molecule has 0 amide bonds. The molecule has 0 aliphatic carbocycles. The molecule has 0 fully saturated rings. The molecule has 1 N–H and O–H groups in total. The highest BCUT2D eigenvalue weighted by atomic mass is 16.2. The molecule has 15 heavy (non-hydrogen) atoms. The Morgan fingerprint density at radius 3 is 2.80 bits per heavy atom. The third-order valence-electron chi connectivity index (χ3n) is 2.83. The summed E-state index contributed by atoms with van der Waals surface area (Å²) < 4.78 is 2.17. The first-order valence-electron chi connectivity index (χ1n) is 5.46. The molecule has 0 bridgehead atoms. The molecule has 80 valence electrons. The summed E-state index contributed by atoms with van der Waals surface area (Å²) in [5, 5.41) is 10.1. The smallest absolute Gasteiger partial charge is 0.0480 e. The summed E-state index contributed by atoms with van der Waals surface area (Å²) >= 11 is 0. The standard InChI is InChI=1S/C13H17NO/c1-14-10-11(6-4-5-9-15)12-7-2-3-8-13(12)14/h2-3,7-8,10,15H,4-6,9H2,1H3. The van der Waals surface area contributed by atoms with Crippen molar-refractivity contribution < 1.29 is 5.11 Å². The summed E-state index contributed by atoms with van der Waals surface area (Å²) in [6.45, 7) is 0.296. The molecule has 2 heteroatoms. The van der Waals surface area contributed by atoms with Gasteiger partial charge in [-0.1, -0.05) is 18.2 Å². The van der Waals surface area contributed by atoms with Crippen molar-refractivity contribution in [3.63, 3.8) is 0 Å². The fourth-order valence-electron chi connectivity index (χ4n) is 2.05. The lowest BCUT2D eigenvalue weighted by atomic mass is 10.1. The fraction of sp³-hybridized carbons (Fsp3) is 0.385. The summed E-state index contributed by atoms with van der Waals surface area (Å²) in [6.07, 6.45) is 5.21. The minimum absolute atomic E-state index is 0.296. The van der Waals surface area contributed by atoms with E-state index in [2.05, 4.69) is 42.1 Å². The van der Waals surface area contributed by atoms with Gasteiger partial charge in [0.15, 0.2) is 0 Å². The van der Waals surface area contributed by atoms with Gasteiger partial charge in [0.25, 0.3) is 0 Å². The first kappa shape index (κ1) is 10.2. The van der Waals surface area contributed by atoms with E-state index in [0.717, 1.165) is 19.3 Å². The van der Waals surface area contributed by atoms with Gasteiger partial charge in [-0.2, -0.15) is 0 Å². The number of para-hydroxylation sites is 1. The number of hydrogen-bond donors (Lipinski definition) is 1. The molecule has 0 atom stereocenters. The van der Waals surface area contributed by atoms with E-state index in [-0.39, 0.29) is 0 Å². The van der Waals surface area contributed by atoms with E-state index >= 15 is 0 Å². The topological polar surface area (TPSA) is 25.2 Å². The Hall–Kier alpha value is -1.28. The van der Waals surface area contributed by atoms with Gasteiger partial charge in [0.1, 0.15) is 0 Å². The number of benzene rings is 1. The van der Waals surface area contributed by atoms with E-state index in [1.54, 1.807) is 0 Å². The largest absolute Gasteiger partial charge is 0.396 e. The lowest BCUT2D eigenvalue weighted by Crippen LogP contribution is -1.87. The monoisotopic (exact) mass is 203 g/mol. The fourth-order valence-corrected chi connectivity index (χ4v) is 2.05. The molecule has 0 spiro atoms. The molecule has 0 saturated heterocycles. The van der Waals surface area contributed by atoms with Gasteiger partial charge in [0, 0.05) is 30.8 Å². The Morgan fingerprint density at radius 2 is 2.00 bits per heavy atom. The van der Waals surface area contributed by atoms with Crippen LogP contribution in [0.25, 0.3) is 10.9 Å². The molecule has 2 nitrogen and oxygen atoms in total. The first-order valence-corrected chi connectivity index (χ1v) is 5.46. The highest BCUT2D eigenvalue weighted by Crippen LogP contribution is 2.21. The van der Waals surface area contributed by atoms with E-state index in [1.807, 2.05) is 0 Å². The van der Waals surface area contributed by atoms with E-state index in [9.17, 15) is 0 Å². The number of rotatable bonds is 4. The van der Waals surface area contributed by atoms with E-state index in [0.29, 0.717) is 6.61 Å². The Balaban J connectivity index is 2.27. The van der Waals surface area contributed by atoms with Crippen molar-refractivity contribution in [1.29, 1.82) is 0 Å². The van der Waals surface area contributed by atoms with Crippen molar-refractivity contribution in [2.75, 3.05) is 6.61 Å². The van der Waals surface area contributed by atoms with Crippen LogP contribution in [0.1, 0.15) is 18.4 Å². The number of unbranched alkanes of at least 4 members (excludes halogenated alkanes) is 1. The molecule has 2 rings (SSSR count). The Labute approximate surface area is 90.2 Å². The van der Waals surface area contributed by atoms with Crippen molar-refractivity contribution >= 4 is 10.9 Å². The third kappa shape index (κ3) is 2.05. The summed E-state index contributed by atoms with van der Waals surface area (Å²) in [6, 6.07) is 8.46. The highest BCUT2D eigenvalue weighted by molar-refractivity contribution is 5.83.